The van der Waals surface area contributed by atoms with Crippen molar-refractivity contribution in [2.45, 2.75) is 13.8 Å². The molecule has 2 heterocycles. The second kappa shape index (κ2) is 8.53. The third-order valence-corrected chi connectivity index (χ3v) is 5.76. The van der Waals surface area contributed by atoms with Gasteiger partial charge in [-0.25, -0.2) is 4.79 Å². The fourth-order valence-electron chi connectivity index (χ4n) is 2.94. The predicted octanol–water partition coefficient (Wildman–Crippen LogP) is 2.88. The first-order valence-electron chi connectivity index (χ1n) is 8.89. The maximum Gasteiger partial charge on any atom is 0.341 e. The zero-order valence-electron chi connectivity index (χ0n) is 16.0. The maximum atomic E-state index is 12.9. The first-order chi connectivity index (χ1) is 13.4. The van der Waals surface area contributed by atoms with Crippen LogP contribution < -0.4 is 5.32 Å². The molecule has 2 amide bonds. The Bertz CT molecular complexity index is 898. The number of methoxy groups -OCH3 is 1. The summed E-state index contributed by atoms with van der Waals surface area (Å²) in [5.74, 6) is -1.11. The largest absolute Gasteiger partial charge is 0.465 e. The van der Waals surface area contributed by atoms with E-state index in [1.165, 1.54) is 7.11 Å². The molecule has 1 aliphatic rings. The number of ether oxygens (including phenoxy) is 2. The number of rotatable bonds is 4. The van der Waals surface area contributed by atoms with E-state index in [9.17, 15) is 14.4 Å². The monoisotopic (exact) mass is 402 g/mol. The third kappa shape index (κ3) is 4.07. The molecule has 0 radical (unpaired) electrons. The minimum absolute atomic E-state index is 0.174. The number of aryl methyl sites for hydroxylation is 1. The number of carbonyl (C=O) groups excluding carboxylic acids is 3. The summed E-state index contributed by atoms with van der Waals surface area (Å²) in [5.41, 5.74) is 2.22. The lowest BCUT2D eigenvalue weighted by atomic mass is 10.1. The van der Waals surface area contributed by atoms with Gasteiger partial charge in [-0.1, -0.05) is 17.7 Å². The number of esters is 1. The van der Waals surface area contributed by atoms with E-state index in [4.69, 9.17) is 9.47 Å². The van der Waals surface area contributed by atoms with Gasteiger partial charge in [0.15, 0.2) is 0 Å². The van der Waals surface area contributed by atoms with Gasteiger partial charge in [-0.05, 0) is 31.5 Å². The van der Waals surface area contributed by atoms with Crippen molar-refractivity contribution in [1.82, 2.24) is 4.90 Å². The highest BCUT2D eigenvalue weighted by Crippen LogP contribution is 2.35. The highest BCUT2D eigenvalue weighted by molar-refractivity contribution is 7.18. The van der Waals surface area contributed by atoms with Gasteiger partial charge in [0, 0.05) is 18.7 Å². The molecule has 1 aromatic carbocycles. The summed E-state index contributed by atoms with van der Waals surface area (Å²) in [6.45, 7) is 5.58. The lowest BCUT2D eigenvalue weighted by Gasteiger charge is -2.26. The average molecular weight is 402 g/mol. The van der Waals surface area contributed by atoms with Crippen LogP contribution in [0.25, 0.3) is 0 Å². The zero-order chi connectivity index (χ0) is 20.3. The number of nitrogens with zero attached hydrogens (tertiary/aromatic N) is 1. The molecule has 1 aliphatic heterocycles. The first kappa shape index (κ1) is 20.0. The van der Waals surface area contributed by atoms with Crippen molar-refractivity contribution in [2.75, 3.05) is 38.7 Å². The van der Waals surface area contributed by atoms with Gasteiger partial charge in [-0.2, -0.15) is 0 Å². The van der Waals surface area contributed by atoms with E-state index in [0.29, 0.717) is 47.3 Å². The number of morpholine rings is 1. The summed E-state index contributed by atoms with van der Waals surface area (Å²) in [6.07, 6.45) is 0. The van der Waals surface area contributed by atoms with Crippen LogP contribution in [0.1, 0.15) is 41.5 Å². The molecule has 0 aliphatic carbocycles. The Labute approximate surface area is 167 Å². The molecule has 0 atom stereocenters. The maximum absolute atomic E-state index is 12.9. The molecule has 1 N–H and O–H groups in total. The Hall–Kier alpha value is -2.71. The summed E-state index contributed by atoms with van der Waals surface area (Å²) in [6, 6.07) is 7.10. The van der Waals surface area contributed by atoms with Gasteiger partial charge in [0.2, 0.25) is 0 Å². The molecule has 0 bridgehead atoms. The van der Waals surface area contributed by atoms with Crippen LogP contribution in [-0.4, -0.2) is 56.1 Å². The second-order valence-electron chi connectivity index (χ2n) is 6.48. The molecule has 28 heavy (non-hydrogen) atoms. The molecule has 0 spiro atoms. The topological polar surface area (TPSA) is 84.9 Å². The van der Waals surface area contributed by atoms with Crippen LogP contribution in [0.2, 0.25) is 0 Å². The summed E-state index contributed by atoms with van der Waals surface area (Å²) in [5, 5.41) is 3.08. The van der Waals surface area contributed by atoms with Crippen LogP contribution in [0.3, 0.4) is 0 Å². The summed E-state index contributed by atoms with van der Waals surface area (Å²) >= 11 is 1.09. The van der Waals surface area contributed by atoms with E-state index in [1.807, 2.05) is 19.1 Å². The quantitative estimate of drug-likeness (QED) is 0.795. The summed E-state index contributed by atoms with van der Waals surface area (Å²) < 4.78 is 10.2. The van der Waals surface area contributed by atoms with Crippen LogP contribution in [0.15, 0.2) is 24.3 Å². The molecule has 148 valence electrons. The molecule has 8 heteroatoms. The number of carbonyl (C=O) groups is 3. The number of amides is 2. The van der Waals surface area contributed by atoms with Gasteiger partial charge in [0.25, 0.3) is 11.8 Å². The molecular formula is C20H22N2O5S. The van der Waals surface area contributed by atoms with Gasteiger partial charge in [-0.15, -0.1) is 11.3 Å². The standard InChI is InChI=1S/C20H22N2O5S/c1-12-4-6-14(7-5-12)17(23)21-18-15(20(25)26-3)13(2)16(28-18)19(24)22-8-10-27-11-9-22/h4-7H,8-11H2,1-3H3,(H,21,23). The molecular weight excluding hydrogens is 380 g/mol. The smallest absolute Gasteiger partial charge is 0.341 e. The summed E-state index contributed by atoms with van der Waals surface area (Å²) in [4.78, 5) is 39.9. The van der Waals surface area contributed by atoms with Crippen molar-refractivity contribution >= 4 is 34.1 Å². The Balaban J connectivity index is 1.92. The van der Waals surface area contributed by atoms with E-state index >= 15 is 0 Å². The molecule has 0 saturated carbocycles. The van der Waals surface area contributed by atoms with E-state index in [-0.39, 0.29) is 17.4 Å². The molecule has 1 fully saturated rings. The van der Waals surface area contributed by atoms with E-state index in [1.54, 1.807) is 24.0 Å². The molecule has 0 unspecified atom stereocenters. The van der Waals surface area contributed by atoms with Crippen LogP contribution in [0.4, 0.5) is 5.00 Å². The zero-order valence-corrected chi connectivity index (χ0v) is 16.9. The van der Waals surface area contributed by atoms with Gasteiger partial charge in [0.05, 0.1) is 30.8 Å². The fraction of sp³-hybridized carbons (Fsp3) is 0.350. The van der Waals surface area contributed by atoms with Crippen LogP contribution in [0.5, 0.6) is 0 Å². The average Bonchev–Trinajstić information content (AvgIpc) is 3.03. The van der Waals surface area contributed by atoms with Crippen molar-refractivity contribution in [3.8, 4) is 0 Å². The molecule has 1 saturated heterocycles. The Morgan fingerprint density at radius 1 is 1.11 bits per heavy atom. The van der Waals surface area contributed by atoms with E-state index in [0.717, 1.165) is 16.9 Å². The van der Waals surface area contributed by atoms with Crippen LogP contribution >= 0.6 is 11.3 Å². The van der Waals surface area contributed by atoms with Crippen LogP contribution in [0, 0.1) is 13.8 Å². The molecule has 3 rings (SSSR count). The second-order valence-corrected chi connectivity index (χ2v) is 7.50. The molecule has 2 aromatic rings. The van der Waals surface area contributed by atoms with Crippen molar-refractivity contribution in [3.63, 3.8) is 0 Å². The van der Waals surface area contributed by atoms with Crippen molar-refractivity contribution in [3.05, 3.63) is 51.4 Å². The van der Waals surface area contributed by atoms with E-state index < -0.39 is 5.97 Å². The Kier molecular flexibility index (Phi) is 6.11. The number of hydrogen-bond donors (Lipinski definition) is 1. The van der Waals surface area contributed by atoms with Crippen molar-refractivity contribution in [2.24, 2.45) is 0 Å². The third-order valence-electron chi connectivity index (χ3n) is 4.57. The number of nitrogens with one attached hydrogen (secondary N) is 1. The SMILES string of the molecule is COC(=O)c1c(NC(=O)c2ccc(C)cc2)sc(C(=O)N2CCOCC2)c1C. The summed E-state index contributed by atoms with van der Waals surface area (Å²) in [7, 11) is 1.27. The van der Waals surface area contributed by atoms with E-state index in [2.05, 4.69) is 5.32 Å². The fourth-order valence-corrected chi connectivity index (χ4v) is 4.10. The number of anilines is 1. The highest BCUT2D eigenvalue weighted by atomic mass is 32.1. The first-order valence-corrected chi connectivity index (χ1v) is 9.70. The Morgan fingerprint density at radius 3 is 2.36 bits per heavy atom. The van der Waals surface area contributed by atoms with Crippen molar-refractivity contribution < 1.29 is 23.9 Å². The predicted molar refractivity (Wildman–Crippen MR) is 106 cm³/mol. The Morgan fingerprint density at radius 2 is 1.75 bits per heavy atom. The van der Waals surface area contributed by atoms with Gasteiger partial charge >= 0.3 is 5.97 Å². The van der Waals surface area contributed by atoms with Crippen LogP contribution in [-0.2, 0) is 9.47 Å². The normalized spacial score (nSPS) is 13.9. The minimum Gasteiger partial charge on any atom is -0.465 e. The van der Waals surface area contributed by atoms with Crippen molar-refractivity contribution in [1.29, 1.82) is 0 Å². The number of thiophene rings is 1. The van der Waals surface area contributed by atoms with Gasteiger partial charge < -0.3 is 19.7 Å². The lowest BCUT2D eigenvalue weighted by Crippen LogP contribution is -2.40. The number of benzene rings is 1. The van der Waals surface area contributed by atoms with Gasteiger partial charge in [0.1, 0.15) is 5.00 Å². The number of hydrogen-bond acceptors (Lipinski definition) is 6. The van der Waals surface area contributed by atoms with Gasteiger partial charge in [-0.3, -0.25) is 9.59 Å². The molecule has 7 nitrogen and oxygen atoms in total. The highest BCUT2D eigenvalue weighted by Gasteiger charge is 2.29. The molecule has 1 aromatic heterocycles. The minimum atomic E-state index is -0.589. The lowest BCUT2D eigenvalue weighted by molar-refractivity contribution is 0.0305.